The molecule has 0 saturated heterocycles. The van der Waals surface area contributed by atoms with E-state index >= 15 is 0 Å². The molecule has 142 valence electrons. The van der Waals surface area contributed by atoms with Crippen molar-refractivity contribution in [3.05, 3.63) is 22.5 Å². The molecule has 0 saturated carbocycles. The molecule has 7 nitrogen and oxygen atoms in total. The lowest BCUT2D eigenvalue weighted by Crippen LogP contribution is -2.35. The number of alkyl halides is 3. The minimum atomic E-state index is -4.96. The molecular formula is C15H22F3N3O4. The zero-order valence-corrected chi connectivity index (χ0v) is 14.0. The van der Waals surface area contributed by atoms with Crippen molar-refractivity contribution in [2.75, 3.05) is 26.2 Å². The highest BCUT2D eigenvalue weighted by Gasteiger charge is 2.41. The number of aliphatic hydroxyl groups is 1. The maximum atomic E-state index is 13.1. The van der Waals surface area contributed by atoms with E-state index in [1.807, 2.05) is 18.7 Å². The molecule has 0 bridgehead atoms. The summed E-state index contributed by atoms with van der Waals surface area (Å²) in [6, 6.07) is 0. The van der Waals surface area contributed by atoms with Crippen LogP contribution in [0.1, 0.15) is 41.2 Å². The maximum absolute atomic E-state index is 13.1. The predicted octanol–water partition coefficient (Wildman–Crippen LogP) is 1.22. The van der Waals surface area contributed by atoms with Crippen molar-refractivity contribution >= 4 is 11.9 Å². The third-order valence-electron chi connectivity index (χ3n) is 3.79. The number of hydrogen-bond donors (Lipinski definition) is 4. The third-order valence-corrected chi connectivity index (χ3v) is 3.79. The van der Waals surface area contributed by atoms with Crippen LogP contribution in [0.3, 0.4) is 0 Å². The van der Waals surface area contributed by atoms with E-state index in [4.69, 9.17) is 10.2 Å². The Morgan fingerprint density at radius 1 is 1.20 bits per heavy atom. The molecule has 4 N–H and O–H groups in total. The number of nitrogens with zero attached hydrogens (tertiary/aromatic N) is 1. The Balaban J connectivity index is 2.93. The van der Waals surface area contributed by atoms with Crippen LogP contribution < -0.4 is 5.32 Å². The van der Waals surface area contributed by atoms with Gasteiger partial charge in [-0.25, -0.2) is 4.79 Å². The van der Waals surface area contributed by atoms with Gasteiger partial charge in [-0.2, -0.15) is 13.2 Å². The van der Waals surface area contributed by atoms with Crippen molar-refractivity contribution in [1.29, 1.82) is 0 Å². The van der Waals surface area contributed by atoms with Crippen molar-refractivity contribution < 1.29 is 33.0 Å². The summed E-state index contributed by atoms with van der Waals surface area (Å²) in [6.07, 6.45) is -5.51. The number of aromatic amines is 1. The van der Waals surface area contributed by atoms with E-state index in [9.17, 15) is 22.8 Å². The number of aromatic nitrogens is 1. The van der Waals surface area contributed by atoms with Gasteiger partial charge in [0.25, 0.3) is 0 Å². The molecule has 1 aromatic heterocycles. The fourth-order valence-corrected chi connectivity index (χ4v) is 2.53. The number of carbonyl (C=O) groups excluding carboxylic acids is 1. The van der Waals surface area contributed by atoms with Gasteiger partial charge in [0.1, 0.15) is 0 Å². The molecule has 0 radical (unpaired) electrons. The second kappa shape index (κ2) is 8.86. The Bertz CT molecular complexity index is 610. The van der Waals surface area contributed by atoms with Crippen LogP contribution in [0.5, 0.6) is 0 Å². The zero-order valence-electron chi connectivity index (χ0n) is 14.0. The Labute approximate surface area is 142 Å². The van der Waals surface area contributed by atoms with Gasteiger partial charge < -0.3 is 25.4 Å². The van der Waals surface area contributed by atoms with Crippen molar-refractivity contribution in [1.82, 2.24) is 15.2 Å². The van der Waals surface area contributed by atoms with Crippen LogP contribution in [0.4, 0.5) is 13.2 Å². The summed E-state index contributed by atoms with van der Waals surface area (Å²) in [5.41, 5.74) is -3.54. The first-order valence-electron chi connectivity index (χ1n) is 7.79. The van der Waals surface area contributed by atoms with Gasteiger partial charge in [0.15, 0.2) is 0 Å². The molecule has 0 unspecified atom stereocenters. The molecule has 1 amide bonds. The van der Waals surface area contributed by atoms with Crippen LogP contribution in [0.15, 0.2) is 0 Å². The number of hydrogen-bond acceptors (Lipinski definition) is 4. The SMILES string of the molecule is CCN(CC)CCNC(=O)Cc1[nH]c(CO)c(C(F)(F)F)c1C(=O)O. The lowest BCUT2D eigenvalue weighted by Gasteiger charge is -2.17. The number of rotatable bonds is 9. The monoisotopic (exact) mass is 365 g/mol. The van der Waals surface area contributed by atoms with Crippen LogP contribution in [-0.4, -0.2) is 58.2 Å². The number of H-pyrrole nitrogens is 1. The normalized spacial score (nSPS) is 11.8. The molecule has 1 aromatic rings. The fraction of sp³-hybridized carbons (Fsp3) is 0.600. The van der Waals surface area contributed by atoms with E-state index in [2.05, 4.69) is 10.3 Å². The molecule has 0 spiro atoms. The number of aliphatic hydroxyl groups excluding tert-OH is 1. The first kappa shape index (κ1) is 21.0. The van der Waals surface area contributed by atoms with Crippen molar-refractivity contribution in [3.8, 4) is 0 Å². The van der Waals surface area contributed by atoms with Crippen molar-refractivity contribution in [3.63, 3.8) is 0 Å². The van der Waals surface area contributed by atoms with E-state index in [0.29, 0.717) is 13.1 Å². The topological polar surface area (TPSA) is 106 Å². The average molecular weight is 365 g/mol. The summed E-state index contributed by atoms with van der Waals surface area (Å²) in [4.78, 5) is 27.4. The van der Waals surface area contributed by atoms with E-state index in [1.54, 1.807) is 0 Å². The van der Waals surface area contributed by atoms with Crippen LogP contribution in [0, 0.1) is 0 Å². The number of likely N-dealkylation sites (N-methyl/N-ethyl adjacent to an activating group) is 1. The number of amides is 1. The summed E-state index contributed by atoms with van der Waals surface area (Å²) in [7, 11) is 0. The Morgan fingerprint density at radius 2 is 1.80 bits per heavy atom. The minimum Gasteiger partial charge on any atom is -0.478 e. The number of nitrogens with one attached hydrogen (secondary N) is 2. The number of halogens is 3. The molecule has 0 aliphatic rings. The first-order chi connectivity index (χ1) is 11.6. The quantitative estimate of drug-likeness (QED) is 0.527. The van der Waals surface area contributed by atoms with Gasteiger partial charge >= 0.3 is 12.1 Å². The van der Waals surface area contributed by atoms with E-state index < -0.39 is 47.9 Å². The standard InChI is InChI=1S/C15H22F3N3O4/c1-3-21(4-2)6-5-19-11(23)7-9-12(14(24)25)13(15(16,17)18)10(8-22)20-9/h20,22H,3-8H2,1-2H3,(H,19,23)(H,24,25). The van der Waals surface area contributed by atoms with Gasteiger partial charge in [0.05, 0.1) is 29.8 Å². The van der Waals surface area contributed by atoms with E-state index in [1.165, 1.54) is 0 Å². The van der Waals surface area contributed by atoms with Crippen LogP contribution >= 0.6 is 0 Å². The van der Waals surface area contributed by atoms with Gasteiger partial charge in [0, 0.05) is 18.8 Å². The largest absolute Gasteiger partial charge is 0.478 e. The van der Waals surface area contributed by atoms with Crippen LogP contribution in [-0.2, 0) is 24.0 Å². The van der Waals surface area contributed by atoms with E-state index in [0.717, 1.165) is 13.1 Å². The first-order valence-corrected chi connectivity index (χ1v) is 7.79. The molecule has 0 atom stereocenters. The summed E-state index contributed by atoms with van der Waals surface area (Å²) < 4.78 is 39.2. The number of carbonyl (C=O) groups is 2. The van der Waals surface area contributed by atoms with Gasteiger partial charge in [-0.3, -0.25) is 4.79 Å². The summed E-state index contributed by atoms with van der Waals surface area (Å²) in [6.45, 7) is 5.35. The highest BCUT2D eigenvalue weighted by atomic mass is 19.4. The number of carboxylic acids is 1. The van der Waals surface area contributed by atoms with Gasteiger partial charge in [-0.05, 0) is 13.1 Å². The average Bonchev–Trinajstić information content (AvgIpc) is 2.90. The number of carboxylic acid groups (broad SMARTS) is 1. The smallest absolute Gasteiger partial charge is 0.419 e. The lowest BCUT2D eigenvalue weighted by molar-refractivity contribution is -0.139. The summed E-state index contributed by atoms with van der Waals surface area (Å²) in [5, 5.41) is 20.7. The Morgan fingerprint density at radius 3 is 2.24 bits per heavy atom. The Hall–Kier alpha value is -2.07. The minimum absolute atomic E-state index is 0.294. The third kappa shape index (κ3) is 5.46. The van der Waals surface area contributed by atoms with Crippen LogP contribution in [0.25, 0.3) is 0 Å². The summed E-state index contributed by atoms with van der Waals surface area (Å²) in [5.74, 6) is -2.41. The maximum Gasteiger partial charge on any atom is 0.419 e. The molecule has 0 aliphatic heterocycles. The highest BCUT2D eigenvalue weighted by Crippen LogP contribution is 2.36. The van der Waals surface area contributed by atoms with Gasteiger partial charge in [-0.15, -0.1) is 0 Å². The molecule has 0 aromatic carbocycles. The molecule has 1 heterocycles. The van der Waals surface area contributed by atoms with Crippen LogP contribution in [0.2, 0.25) is 0 Å². The van der Waals surface area contributed by atoms with Gasteiger partial charge in [0.2, 0.25) is 5.91 Å². The van der Waals surface area contributed by atoms with E-state index in [-0.39, 0.29) is 5.69 Å². The highest BCUT2D eigenvalue weighted by molar-refractivity contribution is 5.93. The second-order valence-corrected chi connectivity index (χ2v) is 5.35. The van der Waals surface area contributed by atoms with Crippen molar-refractivity contribution in [2.45, 2.75) is 33.1 Å². The molecular weight excluding hydrogens is 343 g/mol. The van der Waals surface area contributed by atoms with Crippen molar-refractivity contribution in [2.24, 2.45) is 0 Å². The fourth-order valence-electron chi connectivity index (χ4n) is 2.53. The molecule has 25 heavy (non-hydrogen) atoms. The molecule has 1 rings (SSSR count). The molecule has 0 aliphatic carbocycles. The Kier molecular flexibility index (Phi) is 7.43. The predicted molar refractivity (Wildman–Crippen MR) is 83.2 cm³/mol. The number of aromatic carboxylic acids is 1. The van der Waals surface area contributed by atoms with Gasteiger partial charge in [-0.1, -0.05) is 13.8 Å². The second-order valence-electron chi connectivity index (χ2n) is 5.35. The lowest BCUT2D eigenvalue weighted by atomic mass is 10.1. The summed E-state index contributed by atoms with van der Waals surface area (Å²) >= 11 is 0. The zero-order chi connectivity index (χ0) is 19.2. The molecule has 10 heteroatoms. The molecule has 0 fully saturated rings.